The lowest BCUT2D eigenvalue weighted by molar-refractivity contribution is -0.137. The van der Waals surface area contributed by atoms with E-state index < -0.39 is 21.7 Å². The lowest BCUT2D eigenvalue weighted by Gasteiger charge is -2.24. The fourth-order valence-corrected chi connectivity index (χ4v) is 4.50. The standard InChI is InChI=1S/C16H21NO5S/c1-2-10-23(21,22)14-8-4-3-7-13(14)16(20)17-9-5-6-12(17)11-15(18)19/h3-4,7-8,12H,2,5-6,9-11H2,1H3,(H,18,19). The minimum atomic E-state index is -3.52. The monoisotopic (exact) mass is 339 g/mol. The van der Waals surface area contributed by atoms with Crippen molar-refractivity contribution < 1.29 is 23.1 Å². The third-order valence-electron chi connectivity index (χ3n) is 3.97. The molecule has 1 unspecified atom stereocenters. The second kappa shape index (κ2) is 7.12. The van der Waals surface area contributed by atoms with Crippen LogP contribution < -0.4 is 0 Å². The van der Waals surface area contributed by atoms with Crippen LogP contribution in [-0.2, 0) is 14.6 Å². The minimum absolute atomic E-state index is 0.0180. The number of rotatable bonds is 6. The van der Waals surface area contributed by atoms with Gasteiger partial charge in [0.2, 0.25) is 0 Å². The Kier molecular flexibility index (Phi) is 5.41. The first-order valence-electron chi connectivity index (χ1n) is 7.71. The van der Waals surface area contributed by atoms with Crippen LogP contribution in [0.15, 0.2) is 29.2 Å². The highest BCUT2D eigenvalue weighted by molar-refractivity contribution is 7.91. The van der Waals surface area contributed by atoms with Crippen LogP contribution in [0.1, 0.15) is 43.0 Å². The summed E-state index contributed by atoms with van der Waals surface area (Å²) in [5.41, 5.74) is 0.137. The highest BCUT2D eigenvalue weighted by atomic mass is 32.2. The third kappa shape index (κ3) is 3.90. The van der Waals surface area contributed by atoms with Gasteiger partial charge >= 0.3 is 5.97 Å². The summed E-state index contributed by atoms with van der Waals surface area (Å²) in [4.78, 5) is 25.2. The Morgan fingerprint density at radius 2 is 2.00 bits per heavy atom. The van der Waals surface area contributed by atoms with Crippen molar-refractivity contribution >= 4 is 21.7 Å². The summed E-state index contributed by atoms with van der Waals surface area (Å²) in [6, 6.07) is 5.79. The fraction of sp³-hybridized carbons (Fsp3) is 0.500. The molecular weight excluding hydrogens is 318 g/mol. The fourth-order valence-electron chi connectivity index (χ4n) is 2.96. The van der Waals surface area contributed by atoms with Crippen molar-refractivity contribution in [3.05, 3.63) is 29.8 Å². The number of sulfone groups is 1. The Morgan fingerprint density at radius 1 is 1.30 bits per heavy atom. The molecule has 1 atom stereocenters. The molecule has 2 rings (SSSR count). The van der Waals surface area contributed by atoms with E-state index in [9.17, 15) is 18.0 Å². The van der Waals surface area contributed by atoms with Gasteiger partial charge in [-0.15, -0.1) is 0 Å². The molecule has 1 aliphatic heterocycles. The normalized spacial score (nSPS) is 18.1. The molecule has 0 spiro atoms. The van der Waals surface area contributed by atoms with Gasteiger partial charge in [0.05, 0.1) is 22.6 Å². The Labute approximate surface area is 136 Å². The summed E-state index contributed by atoms with van der Waals surface area (Å²) in [6.45, 7) is 2.23. The SMILES string of the molecule is CCCS(=O)(=O)c1ccccc1C(=O)N1CCCC1CC(=O)O. The first-order chi connectivity index (χ1) is 10.9. The predicted molar refractivity (Wildman–Crippen MR) is 85.1 cm³/mol. The number of nitrogens with zero attached hydrogens (tertiary/aromatic N) is 1. The number of carbonyl (C=O) groups is 2. The maximum Gasteiger partial charge on any atom is 0.305 e. The Hall–Kier alpha value is -1.89. The van der Waals surface area contributed by atoms with E-state index >= 15 is 0 Å². The minimum Gasteiger partial charge on any atom is -0.481 e. The average molecular weight is 339 g/mol. The molecule has 6 nitrogen and oxygen atoms in total. The van der Waals surface area contributed by atoms with Gasteiger partial charge < -0.3 is 10.0 Å². The zero-order valence-corrected chi connectivity index (χ0v) is 13.9. The summed E-state index contributed by atoms with van der Waals surface area (Å²) in [5, 5.41) is 8.96. The van der Waals surface area contributed by atoms with Crippen LogP contribution in [-0.4, -0.2) is 48.6 Å². The van der Waals surface area contributed by atoms with Gasteiger partial charge in [-0.25, -0.2) is 8.42 Å². The van der Waals surface area contributed by atoms with Gasteiger partial charge in [0.15, 0.2) is 9.84 Å². The molecule has 23 heavy (non-hydrogen) atoms. The zero-order valence-electron chi connectivity index (χ0n) is 13.1. The van der Waals surface area contributed by atoms with Crippen LogP contribution in [0.2, 0.25) is 0 Å². The number of carboxylic acid groups (broad SMARTS) is 1. The van der Waals surface area contributed by atoms with Crippen LogP contribution in [0.5, 0.6) is 0 Å². The van der Waals surface area contributed by atoms with E-state index in [1.54, 1.807) is 19.1 Å². The summed E-state index contributed by atoms with van der Waals surface area (Å²) in [6.07, 6.45) is 1.71. The number of carbonyl (C=O) groups excluding carboxylic acids is 1. The van der Waals surface area contributed by atoms with E-state index in [1.165, 1.54) is 17.0 Å². The van der Waals surface area contributed by atoms with E-state index in [4.69, 9.17) is 5.11 Å². The second-order valence-corrected chi connectivity index (χ2v) is 7.79. The summed E-state index contributed by atoms with van der Waals surface area (Å²) >= 11 is 0. The number of hydrogen-bond acceptors (Lipinski definition) is 4. The van der Waals surface area contributed by atoms with Crippen LogP contribution in [0.4, 0.5) is 0 Å². The molecule has 0 bridgehead atoms. The summed E-state index contributed by atoms with van der Waals surface area (Å²) in [5.74, 6) is -1.37. The van der Waals surface area contributed by atoms with Crippen molar-refractivity contribution in [3.63, 3.8) is 0 Å². The first-order valence-corrected chi connectivity index (χ1v) is 9.36. The molecule has 126 valence electrons. The number of carboxylic acids is 1. The van der Waals surface area contributed by atoms with Gasteiger partial charge in [-0.1, -0.05) is 19.1 Å². The smallest absolute Gasteiger partial charge is 0.305 e. The second-order valence-electron chi connectivity index (χ2n) is 5.71. The number of aliphatic carboxylic acids is 1. The van der Waals surface area contributed by atoms with Crippen molar-refractivity contribution in [2.75, 3.05) is 12.3 Å². The van der Waals surface area contributed by atoms with E-state index in [0.29, 0.717) is 19.4 Å². The van der Waals surface area contributed by atoms with Gasteiger partial charge in [-0.3, -0.25) is 9.59 Å². The highest BCUT2D eigenvalue weighted by Crippen LogP contribution is 2.26. The van der Waals surface area contributed by atoms with Gasteiger partial charge in [-0.05, 0) is 31.4 Å². The van der Waals surface area contributed by atoms with E-state index in [2.05, 4.69) is 0 Å². The predicted octanol–water partition coefficient (Wildman–Crippen LogP) is 1.95. The molecule has 1 amide bonds. The average Bonchev–Trinajstić information content (AvgIpc) is 2.93. The maximum atomic E-state index is 12.8. The Morgan fingerprint density at radius 3 is 2.65 bits per heavy atom. The van der Waals surface area contributed by atoms with Crippen LogP contribution >= 0.6 is 0 Å². The number of hydrogen-bond donors (Lipinski definition) is 1. The molecule has 0 radical (unpaired) electrons. The van der Waals surface area contributed by atoms with E-state index in [0.717, 1.165) is 6.42 Å². The van der Waals surface area contributed by atoms with Gasteiger partial charge in [0.1, 0.15) is 0 Å². The van der Waals surface area contributed by atoms with Crippen molar-refractivity contribution in [3.8, 4) is 0 Å². The topological polar surface area (TPSA) is 91.8 Å². The van der Waals surface area contributed by atoms with Crippen molar-refractivity contribution in [1.29, 1.82) is 0 Å². The molecule has 1 fully saturated rings. The van der Waals surface area contributed by atoms with E-state index in [-0.39, 0.29) is 28.7 Å². The lowest BCUT2D eigenvalue weighted by atomic mass is 10.1. The van der Waals surface area contributed by atoms with Crippen LogP contribution in [0.25, 0.3) is 0 Å². The van der Waals surface area contributed by atoms with Crippen LogP contribution in [0.3, 0.4) is 0 Å². The largest absolute Gasteiger partial charge is 0.481 e. The first kappa shape index (κ1) is 17.5. The molecule has 1 saturated heterocycles. The van der Waals surface area contributed by atoms with Gasteiger partial charge in [0, 0.05) is 12.6 Å². The molecule has 7 heteroatoms. The van der Waals surface area contributed by atoms with Crippen molar-refractivity contribution in [2.24, 2.45) is 0 Å². The third-order valence-corrected chi connectivity index (χ3v) is 5.95. The summed E-state index contributed by atoms with van der Waals surface area (Å²) in [7, 11) is -3.52. The molecule has 1 aromatic carbocycles. The maximum absolute atomic E-state index is 12.8. The number of amides is 1. The molecule has 1 aromatic rings. The quantitative estimate of drug-likeness (QED) is 0.855. The number of likely N-dealkylation sites (tertiary alicyclic amines) is 1. The molecule has 0 aromatic heterocycles. The molecule has 1 N–H and O–H groups in total. The Balaban J connectivity index is 2.35. The van der Waals surface area contributed by atoms with E-state index in [1.807, 2.05) is 0 Å². The lowest BCUT2D eigenvalue weighted by Crippen LogP contribution is -2.37. The highest BCUT2D eigenvalue weighted by Gasteiger charge is 2.33. The van der Waals surface area contributed by atoms with Gasteiger partial charge in [0.25, 0.3) is 5.91 Å². The van der Waals surface area contributed by atoms with Crippen LogP contribution in [0, 0.1) is 0 Å². The van der Waals surface area contributed by atoms with Crippen molar-refractivity contribution in [1.82, 2.24) is 4.90 Å². The zero-order chi connectivity index (χ0) is 17.0. The molecule has 1 aliphatic rings. The molecular formula is C16H21NO5S. The molecule has 1 heterocycles. The molecule has 0 saturated carbocycles. The van der Waals surface area contributed by atoms with Crippen molar-refractivity contribution in [2.45, 2.75) is 43.5 Å². The molecule has 0 aliphatic carbocycles. The Bertz CT molecular complexity index is 698. The number of benzene rings is 1. The van der Waals surface area contributed by atoms with Gasteiger partial charge in [-0.2, -0.15) is 0 Å². The summed E-state index contributed by atoms with van der Waals surface area (Å²) < 4.78 is 24.7.